The SMILES string of the molecule is CC(C)Nc1cc(N2CCOCC2=O)ccc1C#N. The Labute approximate surface area is 112 Å². The number of carbonyl (C=O) groups is 1. The van der Waals surface area contributed by atoms with Crippen LogP contribution in [0.2, 0.25) is 0 Å². The molecular formula is C14H17N3O2. The fraction of sp³-hybridized carbons (Fsp3) is 0.429. The highest BCUT2D eigenvalue weighted by Crippen LogP contribution is 2.25. The van der Waals surface area contributed by atoms with Gasteiger partial charge in [0, 0.05) is 18.3 Å². The highest BCUT2D eigenvalue weighted by molar-refractivity contribution is 5.95. The van der Waals surface area contributed by atoms with E-state index in [1.165, 1.54) is 0 Å². The third-order valence-corrected chi connectivity index (χ3v) is 2.87. The van der Waals surface area contributed by atoms with Crippen LogP contribution in [0.3, 0.4) is 0 Å². The number of rotatable bonds is 3. The van der Waals surface area contributed by atoms with E-state index in [9.17, 15) is 4.79 Å². The first-order chi connectivity index (χ1) is 9.11. The van der Waals surface area contributed by atoms with Crippen LogP contribution in [0.5, 0.6) is 0 Å². The maximum absolute atomic E-state index is 11.8. The van der Waals surface area contributed by atoms with Gasteiger partial charge in [-0.05, 0) is 32.0 Å². The van der Waals surface area contributed by atoms with Gasteiger partial charge in [-0.15, -0.1) is 0 Å². The zero-order valence-corrected chi connectivity index (χ0v) is 11.1. The average molecular weight is 259 g/mol. The van der Waals surface area contributed by atoms with Gasteiger partial charge in [0.1, 0.15) is 12.7 Å². The molecule has 1 aromatic carbocycles. The Kier molecular flexibility index (Phi) is 4.03. The molecule has 1 aliphatic heterocycles. The van der Waals surface area contributed by atoms with Crippen LogP contribution in [0.1, 0.15) is 19.4 Å². The average Bonchev–Trinajstić information content (AvgIpc) is 2.38. The van der Waals surface area contributed by atoms with Gasteiger partial charge in [0.15, 0.2) is 0 Å². The molecule has 2 rings (SSSR count). The first kappa shape index (κ1) is 13.4. The number of nitrogens with zero attached hydrogens (tertiary/aromatic N) is 2. The van der Waals surface area contributed by atoms with Crippen LogP contribution >= 0.6 is 0 Å². The molecule has 0 atom stereocenters. The van der Waals surface area contributed by atoms with Gasteiger partial charge in [-0.2, -0.15) is 5.26 Å². The molecule has 1 heterocycles. The smallest absolute Gasteiger partial charge is 0.253 e. The molecule has 0 unspecified atom stereocenters. The summed E-state index contributed by atoms with van der Waals surface area (Å²) in [6, 6.07) is 7.76. The van der Waals surface area contributed by atoms with E-state index in [2.05, 4.69) is 11.4 Å². The van der Waals surface area contributed by atoms with Gasteiger partial charge in [-0.25, -0.2) is 0 Å². The summed E-state index contributed by atoms with van der Waals surface area (Å²) in [7, 11) is 0. The summed E-state index contributed by atoms with van der Waals surface area (Å²) in [6.45, 7) is 5.22. The number of nitriles is 1. The van der Waals surface area contributed by atoms with E-state index in [1.54, 1.807) is 17.0 Å². The molecule has 1 fully saturated rings. The maximum atomic E-state index is 11.8. The van der Waals surface area contributed by atoms with E-state index in [1.807, 2.05) is 19.9 Å². The Bertz CT molecular complexity index is 520. The summed E-state index contributed by atoms with van der Waals surface area (Å²) in [5.41, 5.74) is 2.14. The first-order valence-electron chi connectivity index (χ1n) is 6.30. The molecule has 1 saturated heterocycles. The Morgan fingerprint density at radius 3 is 2.89 bits per heavy atom. The summed E-state index contributed by atoms with van der Waals surface area (Å²) in [4.78, 5) is 13.5. The normalized spacial score (nSPS) is 15.5. The van der Waals surface area contributed by atoms with Gasteiger partial charge < -0.3 is 15.0 Å². The van der Waals surface area contributed by atoms with Crippen molar-refractivity contribution in [3.05, 3.63) is 23.8 Å². The number of amides is 1. The number of carbonyl (C=O) groups excluding carboxylic acids is 1. The third kappa shape index (κ3) is 3.04. The van der Waals surface area contributed by atoms with E-state index in [0.717, 1.165) is 11.4 Å². The standard InChI is InChI=1S/C14H17N3O2/c1-10(2)16-13-7-12(4-3-11(13)8-15)17-5-6-19-9-14(17)18/h3-4,7,10,16H,5-6,9H2,1-2H3. The Morgan fingerprint density at radius 2 is 2.26 bits per heavy atom. The molecule has 0 bridgehead atoms. The Morgan fingerprint density at radius 1 is 1.47 bits per heavy atom. The minimum Gasteiger partial charge on any atom is -0.382 e. The summed E-state index contributed by atoms with van der Waals surface area (Å²) < 4.78 is 5.11. The van der Waals surface area contributed by atoms with Crippen LogP contribution in [0.4, 0.5) is 11.4 Å². The molecule has 1 amide bonds. The van der Waals surface area contributed by atoms with E-state index >= 15 is 0 Å². The van der Waals surface area contributed by atoms with E-state index in [4.69, 9.17) is 10.00 Å². The van der Waals surface area contributed by atoms with Crippen molar-refractivity contribution in [1.29, 1.82) is 5.26 Å². The number of nitrogens with one attached hydrogen (secondary N) is 1. The van der Waals surface area contributed by atoms with Crippen molar-refractivity contribution >= 4 is 17.3 Å². The molecule has 0 aliphatic carbocycles. The van der Waals surface area contributed by atoms with Gasteiger partial charge >= 0.3 is 0 Å². The second-order valence-electron chi connectivity index (χ2n) is 4.74. The van der Waals surface area contributed by atoms with Crippen molar-refractivity contribution in [2.45, 2.75) is 19.9 Å². The lowest BCUT2D eigenvalue weighted by Gasteiger charge is -2.27. The molecule has 0 spiro atoms. The summed E-state index contributed by atoms with van der Waals surface area (Å²) in [5, 5.41) is 12.3. The number of morpholine rings is 1. The molecule has 0 saturated carbocycles. The molecule has 1 aliphatic rings. The number of hydrogen-bond donors (Lipinski definition) is 1. The van der Waals surface area contributed by atoms with Crippen molar-refractivity contribution in [1.82, 2.24) is 0 Å². The highest BCUT2D eigenvalue weighted by Gasteiger charge is 2.21. The fourth-order valence-corrected chi connectivity index (χ4v) is 2.02. The summed E-state index contributed by atoms with van der Waals surface area (Å²) in [5.74, 6) is -0.0496. The predicted octanol–water partition coefficient (Wildman–Crippen LogP) is 1.74. The minimum absolute atomic E-state index is 0.0496. The van der Waals surface area contributed by atoms with Gasteiger partial charge in [0.05, 0.1) is 17.9 Å². The number of benzene rings is 1. The minimum atomic E-state index is -0.0496. The molecule has 0 aromatic heterocycles. The van der Waals surface area contributed by atoms with Crippen molar-refractivity contribution in [3.8, 4) is 6.07 Å². The van der Waals surface area contributed by atoms with Crippen LogP contribution in [0, 0.1) is 11.3 Å². The van der Waals surface area contributed by atoms with Crippen molar-refractivity contribution in [2.24, 2.45) is 0 Å². The number of hydrogen-bond acceptors (Lipinski definition) is 4. The van der Waals surface area contributed by atoms with Crippen LogP contribution in [-0.2, 0) is 9.53 Å². The molecule has 1 aromatic rings. The van der Waals surface area contributed by atoms with Crippen LogP contribution in [0.25, 0.3) is 0 Å². The molecule has 100 valence electrons. The van der Waals surface area contributed by atoms with Gasteiger partial charge in [-0.3, -0.25) is 4.79 Å². The molecule has 1 N–H and O–H groups in total. The largest absolute Gasteiger partial charge is 0.382 e. The molecule has 19 heavy (non-hydrogen) atoms. The van der Waals surface area contributed by atoms with Crippen LogP contribution < -0.4 is 10.2 Å². The fourth-order valence-electron chi connectivity index (χ4n) is 2.02. The quantitative estimate of drug-likeness (QED) is 0.898. The third-order valence-electron chi connectivity index (χ3n) is 2.87. The van der Waals surface area contributed by atoms with E-state index in [0.29, 0.717) is 18.7 Å². The zero-order valence-electron chi connectivity index (χ0n) is 11.1. The number of anilines is 2. The van der Waals surface area contributed by atoms with Crippen molar-refractivity contribution in [2.75, 3.05) is 30.0 Å². The van der Waals surface area contributed by atoms with Crippen molar-refractivity contribution in [3.63, 3.8) is 0 Å². The van der Waals surface area contributed by atoms with Gasteiger partial charge in [0.25, 0.3) is 5.91 Å². The molecule has 5 heteroatoms. The maximum Gasteiger partial charge on any atom is 0.253 e. The van der Waals surface area contributed by atoms with Gasteiger partial charge in [0.2, 0.25) is 0 Å². The van der Waals surface area contributed by atoms with Crippen molar-refractivity contribution < 1.29 is 9.53 Å². The van der Waals surface area contributed by atoms with E-state index < -0.39 is 0 Å². The second-order valence-corrected chi connectivity index (χ2v) is 4.74. The second kappa shape index (κ2) is 5.72. The number of ether oxygens (including phenoxy) is 1. The lowest BCUT2D eigenvalue weighted by molar-refractivity contribution is -0.125. The van der Waals surface area contributed by atoms with Crippen LogP contribution in [0.15, 0.2) is 18.2 Å². The topological polar surface area (TPSA) is 65.4 Å². The lowest BCUT2D eigenvalue weighted by atomic mass is 10.1. The van der Waals surface area contributed by atoms with Gasteiger partial charge in [-0.1, -0.05) is 0 Å². The molecule has 0 radical (unpaired) electrons. The monoisotopic (exact) mass is 259 g/mol. The summed E-state index contributed by atoms with van der Waals surface area (Å²) in [6.07, 6.45) is 0. The highest BCUT2D eigenvalue weighted by atomic mass is 16.5. The Hall–Kier alpha value is -2.06. The molecule has 5 nitrogen and oxygen atoms in total. The first-order valence-corrected chi connectivity index (χ1v) is 6.30. The lowest BCUT2D eigenvalue weighted by Crippen LogP contribution is -2.41. The van der Waals surface area contributed by atoms with Crippen LogP contribution in [-0.4, -0.2) is 31.7 Å². The van der Waals surface area contributed by atoms with E-state index in [-0.39, 0.29) is 18.6 Å². The Balaban J connectivity index is 2.31. The molecular weight excluding hydrogens is 242 g/mol. The predicted molar refractivity (Wildman–Crippen MR) is 73.1 cm³/mol. The summed E-state index contributed by atoms with van der Waals surface area (Å²) >= 11 is 0. The zero-order chi connectivity index (χ0) is 13.8.